The molecule has 1 aromatic heterocycles. The zero-order valence-corrected chi connectivity index (χ0v) is 10.1. The third-order valence-corrected chi connectivity index (χ3v) is 2.82. The van der Waals surface area contributed by atoms with Crippen LogP contribution in [0.1, 0.15) is 42.5 Å². The van der Waals surface area contributed by atoms with Crippen molar-refractivity contribution in [3.8, 4) is 0 Å². The van der Waals surface area contributed by atoms with Crippen LogP contribution >= 0.6 is 0 Å². The number of rotatable bonds is 6. The predicted octanol–water partition coefficient (Wildman–Crippen LogP) is 2.35. The van der Waals surface area contributed by atoms with Gasteiger partial charge in [-0.3, -0.25) is 0 Å². The molecule has 0 aliphatic carbocycles. The molecule has 1 heterocycles. The summed E-state index contributed by atoms with van der Waals surface area (Å²) < 4.78 is 6.91. The molecule has 4 nitrogen and oxygen atoms in total. The molecule has 0 aromatic carbocycles. The van der Waals surface area contributed by atoms with Crippen LogP contribution in [0.25, 0.3) is 0 Å². The van der Waals surface area contributed by atoms with Gasteiger partial charge in [0.2, 0.25) is 0 Å². The van der Waals surface area contributed by atoms with Gasteiger partial charge in [0, 0.05) is 25.3 Å². The summed E-state index contributed by atoms with van der Waals surface area (Å²) in [6.07, 6.45) is 1.66. The number of nitrogens with zero attached hydrogens (tertiary/aromatic N) is 1. The average Bonchev–Trinajstić information content (AvgIpc) is 2.69. The molecule has 0 fully saturated rings. The molecule has 0 aliphatic rings. The smallest absolute Gasteiger partial charge is 0.352 e. The van der Waals surface area contributed by atoms with Crippen LogP contribution in [0.2, 0.25) is 0 Å². The van der Waals surface area contributed by atoms with E-state index in [0.29, 0.717) is 12.3 Å². The van der Waals surface area contributed by atoms with E-state index in [1.54, 1.807) is 13.2 Å². The van der Waals surface area contributed by atoms with E-state index in [1.165, 1.54) is 0 Å². The van der Waals surface area contributed by atoms with Gasteiger partial charge < -0.3 is 14.4 Å². The van der Waals surface area contributed by atoms with E-state index in [1.807, 2.05) is 17.6 Å². The molecule has 0 radical (unpaired) electrons. The molecule has 1 atom stereocenters. The van der Waals surface area contributed by atoms with Gasteiger partial charge in [-0.1, -0.05) is 6.92 Å². The van der Waals surface area contributed by atoms with Crippen molar-refractivity contribution in [2.75, 3.05) is 13.7 Å². The minimum Gasteiger partial charge on any atom is -0.477 e. The maximum Gasteiger partial charge on any atom is 0.352 e. The summed E-state index contributed by atoms with van der Waals surface area (Å²) in [4.78, 5) is 11.1. The number of hydrogen-bond donors (Lipinski definition) is 1. The molecule has 1 unspecified atom stereocenters. The van der Waals surface area contributed by atoms with Crippen molar-refractivity contribution in [2.24, 2.45) is 0 Å². The molecule has 90 valence electrons. The van der Waals surface area contributed by atoms with Crippen LogP contribution in [-0.4, -0.2) is 29.4 Å². The topological polar surface area (TPSA) is 51.5 Å². The van der Waals surface area contributed by atoms with Crippen molar-refractivity contribution < 1.29 is 14.6 Å². The lowest BCUT2D eigenvalue weighted by Crippen LogP contribution is -2.15. The fourth-order valence-electron chi connectivity index (χ4n) is 1.78. The maximum atomic E-state index is 11.1. The van der Waals surface area contributed by atoms with E-state index in [2.05, 4.69) is 6.92 Å². The standard InChI is InChI=1S/C12H19NO3/c1-4-9(2)13-10(7-8-16-3)5-6-11(13)12(14)15/h5-6,9H,4,7-8H2,1-3H3,(H,14,15). The van der Waals surface area contributed by atoms with Crippen LogP contribution in [0.15, 0.2) is 12.1 Å². The van der Waals surface area contributed by atoms with Crippen LogP contribution in [-0.2, 0) is 11.2 Å². The fraction of sp³-hybridized carbons (Fsp3) is 0.583. The van der Waals surface area contributed by atoms with E-state index in [9.17, 15) is 4.79 Å². The second-order valence-electron chi connectivity index (χ2n) is 3.89. The molecule has 1 aromatic rings. The van der Waals surface area contributed by atoms with E-state index in [-0.39, 0.29) is 6.04 Å². The van der Waals surface area contributed by atoms with Crippen molar-refractivity contribution in [1.29, 1.82) is 0 Å². The third kappa shape index (κ3) is 2.64. The number of methoxy groups -OCH3 is 1. The maximum absolute atomic E-state index is 11.1. The largest absolute Gasteiger partial charge is 0.477 e. The second-order valence-corrected chi connectivity index (χ2v) is 3.89. The van der Waals surface area contributed by atoms with Gasteiger partial charge >= 0.3 is 5.97 Å². The first-order chi connectivity index (χ1) is 7.61. The molecule has 0 amide bonds. The summed E-state index contributed by atoms with van der Waals surface area (Å²) in [5.41, 5.74) is 1.38. The van der Waals surface area contributed by atoms with Crippen LogP contribution < -0.4 is 0 Å². The summed E-state index contributed by atoms with van der Waals surface area (Å²) in [7, 11) is 1.65. The SMILES string of the molecule is CCC(C)n1c(CCOC)ccc1C(=O)O. The Bertz CT molecular complexity index is 357. The first-order valence-corrected chi connectivity index (χ1v) is 5.54. The fourth-order valence-corrected chi connectivity index (χ4v) is 1.78. The molecular formula is C12H19NO3. The molecule has 0 saturated carbocycles. The van der Waals surface area contributed by atoms with Gasteiger partial charge in [0.1, 0.15) is 5.69 Å². The van der Waals surface area contributed by atoms with Crippen molar-refractivity contribution >= 4 is 5.97 Å². The Balaban J connectivity index is 3.04. The molecule has 1 N–H and O–H groups in total. The van der Waals surface area contributed by atoms with Gasteiger partial charge in [-0.25, -0.2) is 4.79 Å². The Labute approximate surface area is 95.8 Å². The highest BCUT2D eigenvalue weighted by Gasteiger charge is 2.17. The average molecular weight is 225 g/mol. The van der Waals surface area contributed by atoms with Crippen molar-refractivity contribution in [3.05, 3.63) is 23.5 Å². The minimum absolute atomic E-state index is 0.202. The van der Waals surface area contributed by atoms with Crippen LogP contribution in [0.4, 0.5) is 0 Å². The normalized spacial score (nSPS) is 12.7. The molecule has 0 saturated heterocycles. The highest BCUT2D eigenvalue weighted by molar-refractivity contribution is 5.86. The lowest BCUT2D eigenvalue weighted by molar-refractivity contribution is 0.0682. The summed E-state index contributed by atoms with van der Waals surface area (Å²) >= 11 is 0. The molecular weight excluding hydrogens is 206 g/mol. The summed E-state index contributed by atoms with van der Waals surface area (Å²) in [6, 6.07) is 3.74. The van der Waals surface area contributed by atoms with Gasteiger partial charge in [0.05, 0.1) is 6.61 Å². The first kappa shape index (κ1) is 12.8. The highest BCUT2D eigenvalue weighted by atomic mass is 16.5. The van der Waals surface area contributed by atoms with E-state index < -0.39 is 5.97 Å². The van der Waals surface area contributed by atoms with Crippen molar-refractivity contribution in [3.63, 3.8) is 0 Å². The van der Waals surface area contributed by atoms with Gasteiger partial charge in [-0.05, 0) is 25.5 Å². The number of hydrogen-bond acceptors (Lipinski definition) is 2. The second kappa shape index (κ2) is 5.70. The van der Waals surface area contributed by atoms with E-state index in [0.717, 1.165) is 18.5 Å². The Morgan fingerprint density at radius 3 is 2.75 bits per heavy atom. The van der Waals surface area contributed by atoms with Gasteiger partial charge in [0.25, 0.3) is 0 Å². The highest BCUT2D eigenvalue weighted by Crippen LogP contribution is 2.19. The van der Waals surface area contributed by atoms with Gasteiger partial charge in [-0.15, -0.1) is 0 Å². The number of carboxylic acid groups (broad SMARTS) is 1. The number of aromatic carboxylic acids is 1. The molecule has 16 heavy (non-hydrogen) atoms. The molecule has 0 bridgehead atoms. The Morgan fingerprint density at radius 1 is 1.56 bits per heavy atom. The lowest BCUT2D eigenvalue weighted by Gasteiger charge is -2.17. The molecule has 1 rings (SSSR count). The van der Waals surface area contributed by atoms with E-state index in [4.69, 9.17) is 9.84 Å². The number of ether oxygens (including phenoxy) is 1. The van der Waals surface area contributed by atoms with Crippen molar-refractivity contribution in [1.82, 2.24) is 4.57 Å². The Morgan fingerprint density at radius 2 is 2.25 bits per heavy atom. The minimum atomic E-state index is -0.871. The monoisotopic (exact) mass is 225 g/mol. The Hall–Kier alpha value is -1.29. The molecule has 0 spiro atoms. The first-order valence-electron chi connectivity index (χ1n) is 5.54. The lowest BCUT2D eigenvalue weighted by atomic mass is 10.2. The number of carbonyl (C=O) groups is 1. The zero-order valence-electron chi connectivity index (χ0n) is 10.1. The summed E-state index contributed by atoms with van der Waals surface area (Å²) in [6.45, 7) is 4.69. The molecule has 4 heteroatoms. The van der Waals surface area contributed by atoms with Crippen molar-refractivity contribution in [2.45, 2.75) is 32.7 Å². The van der Waals surface area contributed by atoms with Crippen LogP contribution in [0.3, 0.4) is 0 Å². The van der Waals surface area contributed by atoms with Crippen LogP contribution in [0, 0.1) is 0 Å². The predicted molar refractivity (Wildman–Crippen MR) is 62.0 cm³/mol. The Kier molecular flexibility index (Phi) is 4.55. The zero-order chi connectivity index (χ0) is 12.1. The molecule has 0 aliphatic heterocycles. The number of carboxylic acids is 1. The van der Waals surface area contributed by atoms with Gasteiger partial charge in [0.15, 0.2) is 0 Å². The van der Waals surface area contributed by atoms with Crippen LogP contribution in [0.5, 0.6) is 0 Å². The quantitative estimate of drug-likeness (QED) is 0.808. The summed E-state index contributed by atoms with van der Waals surface area (Å²) in [5, 5.41) is 9.10. The summed E-state index contributed by atoms with van der Waals surface area (Å²) in [5.74, 6) is -0.871. The third-order valence-electron chi connectivity index (χ3n) is 2.82. The van der Waals surface area contributed by atoms with Gasteiger partial charge in [-0.2, -0.15) is 0 Å². The number of aromatic nitrogens is 1. The van der Waals surface area contributed by atoms with E-state index >= 15 is 0 Å².